The molecule has 0 aromatic heterocycles. The molecule has 3 aromatic rings. The van der Waals surface area contributed by atoms with Gasteiger partial charge in [-0.2, -0.15) is 0 Å². The number of carbonyl (C=O) groups excluding carboxylic acids is 1. The summed E-state index contributed by atoms with van der Waals surface area (Å²) in [6.45, 7) is 2.86. The molecule has 3 aromatic carbocycles. The third kappa shape index (κ3) is 3.59. The number of nitrogens with zero attached hydrogens (tertiary/aromatic N) is 1. The zero-order chi connectivity index (χ0) is 20.4. The van der Waals surface area contributed by atoms with Crippen LogP contribution in [0.4, 0.5) is 5.69 Å². The van der Waals surface area contributed by atoms with Crippen LogP contribution in [0.3, 0.4) is 0 Å². The van der Waals surface area contributed by atoms with Gasteiger partial charge in [-0.15, -0.1) is 0 Å². The van der Waals surface area contributed by atoms with Crippen LogP contribution in [0.25, 0.3) is 0 Å². The number of amides is 1. The predicted octanol–water partition coefficient (Wildman–Crippen LogP) is 4.05. The zero-order valence-corrected chi connectivity index (χ0v) is 17.0. The number of benzene rings is 3. The van der Waals surface area contributed by atoms with E-state index in [0.29, 0.717) is 13.2 Å². The number of para-hydroxylation sites is 1. The summed E-state index contributed by atoms with van der Waals surface area (Å²) in [4.78, 5) is 15.2. The summed E-state index contributed by atoms with van der Waals surface area (Å²) in [6, 6.07) is 29.1. The van der Waals surface area contributed by atoms with Crippen LogP contribution in [-0.4, -0.2) is 25.2 Å². The van der Waals surface area contributed by atoms with Gasteiger partial charge < -0.3 is 15.0 Å². The molecule has 1 amide bonds. The molecule has 5 rings (SSSR count). The Morgan fingerprint density at radius 2 is 1.60 bits per heavy atom. The summed E-state index contributed by atoms with van der Waals surface area (Å²) in [5, 5.41) is 3.04. The normalized spacial score (nSPS) is 22.3. The number of hydrogen-bond donors (Lipinski definition) is 1. The van der Waals surface area contributed by atoms with Crippen molar-refractivity contribution in [3.8, 4) is 0 Å². The van der Waals surface area contributed by atoms with Crippen molar-refractivity contribution in [1.82, 2.24) is 5.32 Å². The van der Waals surface area contributed by atoms with Gasteiger partial charge in [-0.05, 0) is 29.2 Å². The molecule has 4 heteroatoms. The number of nitrogens with one attached hydrogen (secondary N) is 1. The standard InChI is InChI=1S/C26H26N2O2/c29-25(27-16-20-9-3-1-4-10-20)24-15-26(19-30-24)18-28(17-21-11-5-2-6-12-21)23-14-8-7-13-22(23)26/h1-14,24H,15-19H2,(H,27,29). The summed E-state index contributed by atoms with van der Waals surface area (Å²) >= 11 is 0. The lowest BCUT2D eigenvalue weighted by atomic mass is 9.80. The second-order valence-corrected chi connectivity index (χ2v) is 8.35. The molecular formula is C26H26N2O2. The fourth-order valence-corrected chi connectivity index (χ4v) is 4.78. The zero-order valence-electron chi connectivity index (χ0n) is 17.0. The average Bonchev–Trinajstić information content (AvgIpc) is 3.36. The Morgan fingerprint density at radius 1 is 0.933 bits per heavy atom. The lowest BCUT2D eigenvalue weighted by Crippen LogP contribution is -2.37. The quantitative estimate of drug-likeness (QED) is 0.705. The van der Waals surface area contributed by atoms with Crippen LogP contribution in [0.15, 0.2) is 84.9 Å². The van der Waals surface area contributed by atoms with E-state index in [1.165, 1.54) is 16.8 Å². The molecule has 30 heavy (non-hydrogen) atoms. The number of anilines is 1. The van der Waals surface area contributed by atoms with Gasteiger partial charge in [0, 0.05) is 30.7 Å². The van der Waals surface area contributed by atoms with E-state index in [1.54, 1.807) is 0 Å². The summed E-state index contributed by atoms with van der Waals surface area (Å²) in [7, 11) is 0. The Morgan fingerprint density at radius 3 is 2.37 bits per heavy atom. The highest BCUT2D eigenvalue weighted by atomic mass is 16.5. The van der Waals surface area contributed by atoms with Crippen LogP contribution in [0.5, 0.6) is 0 Å². The molecule has 2 aliphatic heterocycles. The summed E-state index contributed by atoms with van der Waals surface area (Å²) in [6.07, 6.45) is 0.314. The Bertz CT molecular complexity index is 1020. The number of hydrogen-bond acceptors (Lipinski definition) is 3. The van der Waals surface area contributed by atoms with Crippen LogP contribution in [-0.2, 0) is 28.0 Å². The first-order valence-corrected chi connectivity index (χ1v) is 10.6. The molecule has 2 aliphatic rings. The molecule has 2 atom stereocenters. The number of fused-ring (bicyclic) bond motifs is 2. The van der Waals surface area contributed by atoms with Crippen LogP contribution >= 0.6 is 0 Å². The van der Waals surface area contributed by atoms with Gasteiger partial charge in [0.25, 0.3) is 0 Å². The van der Waals surface area contributed by atoms with E-state index in [0.717, 1.165) is 25.1 Å². The van der Waals surface area contributed by atoms with Crippen molar-refractivity contribution in [1.29, 1.82) is 0 Å². The SMILES string of the molecule is O=C(NCc1ccccc1)C1CC2(CO1)CN(Cc1ccccc1)c1ccccc12. The molecule has 1 saturated heterocycles. The molecule has 0 bridgehead atoms. The first kappa shape index (κ1) is 18.9. The summed E-state index contributed by atoms with van der Waals surface area (Å²) < 4.78 is 6.06. The van der Waals surface area contributed by atoms with Gasteiger partial charge in [0.15, 0.2) is 0 Å². The third-order valence-corrected chi connectivity index (χ3v) is 6.26. The smallest absolute Gasteiger partial charge is 0.249 e. The highest BCUT2D eigenvalue weighted by Gasteiger charge is 2.50. The molecule has 0 radical (unpaired) electrons. The monoisotopic (exact) mass is 398 g/mol. The lowest BCUT2D eigenvalue weighted by Gasteiger charge is -2.24. The molecular weight excluding hydrogens is 372 g/mol. The second kappa shape index (κ2) is 7.96. The minimum atomic E-state index is -0.404. The third-order valence-electron chi connectivity index (χ3n) is 6.26. The molecule has 1 fully saturated rings. The van der Waals surface area contributed by atoms with Gasteiger partial charge in [0.05, 0.1) is 6.61 Å². The predicted molar refractivity (Wildman–Crippen MR) is 118 cm³/mol. The number of rotatable bonds is 5. The van der Waals surface area contributed by atoms with E-state index >= 15 is 0 Å². The maximum atomic E-state index is 12.8. The van der Waals surface area contributed by atoms with Crippen molar-refractivity contribution < 1.29 is 9.53 Å². The topological polar surface area (TPSA) is 41.6 Å². The van der Waals surface area contributed by atoms with Gasteiger partial charge in [-0.1, -0.05) is 78.9 Å². The lowest BCUT2D eigenvalue weighted by molar-refractivity contribution is -0.130. The van der Waals surface area contributed by atoms with Gasteiger partial charge in [0.2, 0.25) is 5.91 Å². The highest BCUT2D eigenvalue weighted by Crippen LogP contribution is 2.47. The van der Waals surface area contributed by atoms with Crippen LogP contribution in [0, 0.1) is 0 Å². The molecule has 2 heterocycles. The van der Waals surface area contributed by atoms with Gasteiger partial charge >= 0.3 is 0 Å². The Labute approximate surface area is 177 Å². The van der Waals surface area contributed by atoms with Crippen molar-refractivity contribution in [2.24, 2.45) is 0 Å². The maximum absolute atomic E-state index is 12.8. The molecule has 0 aliphatic carbocycles. The largest absolute Gasteiger partial charge is 0.367 e. The van der Waals surface area contributed by atoms with Gasteiger partial charge in [-0.3, -0.25) is 4.79 Å². The molecule has 1 N–H and O–H groups in total. The van der Waals surface area contributed by atoms with E-state index in [-0.39, 0.29) is 11.3 Å². The van der Waals surface area contributed by atoms with E-state index in [4.69, 9.17) is 4.74 Å². The molecule has 0 saturated carbocycles. The maximum Gasteiger partial charge on any atom is 0.249 e. The summed E-state index contributed by atoms with van der Waals surface area (Å²) in [5.41, 5.74) is 4.83. The van der Waals surface area contributed by atoms with Gasteiger partial charge in [0.1, 0.15) is 6.10 Å². The average molecular weight is 399 g/mol. The van der Waals surface area contributed by atoms with Crippen molar-refractivity contribution in [3.63, 3.8) is 0 Å². The van der Waals surface area contributed by atoms with Crippen molar-refractivity contribution >= 4 is 11.6 Å². The van der Waals surface area contributed by atoms with Crippen molar-refractivity contribution in [3.05, 3.63) is 102 Å². The Kier molecular flexibility index (Phi) is 5.01. The Hall–Kier alpha value is -3.11. The molecule has 4 nitrogen and oxygen atoms in total. The minimum absolute atomic E-state index is 0.0188. The second-order valence-electron chi connectivity index (χ2n) is 8.35. The van der Waals surface area contributed by atoms with Crippen molar-refractivity contribution in [2.45, 2.75) is 31.0 Å². The van der Waals surface area contributed by atoms with E-state index in [1.807, 2.05) is 36.4 Å². The highest BCUT2D eigenvalue weighted by molar-refractivity contribution is 5.81. The van der Waals surface area contributed by atoms with Crippen LogP contribution in [0.2, 0.25) is 0 Å². The molecule has 152 valence electrons. The number of carbonyl (C=O) groups is 1. The van der Waals surface area contributed by atoms with E-state index < -0.39 is 6.10 Å². The Balaban J connectivity index is 1.30. The molecule has 1 spiro atoms. The van der Waals surface area contributed by atoms with Gasteiger partial charge in [-0.25, -0.2) is 0 Å². The number of ether oxygens (including phenoxy) is 1. The van der Waals surface area contributed by atoms with Crippen LogP contribution < -0.4 is 10.2 Å². The minimum Gasteiger partial charge on any atom is -0.367 e. The first-order chi connectivity index (χ1) is 14.7. The fourth-order valence-electron chi connectivity index (χ4n) is 4.78. The van der Waals surface area contributed by atoms with E-state index in [9.17, 15) is 4.79 Å². The first-order valence-electron chi connectivity index (χ1n) is 10.6. The van der Waals surface area contributed by atoms with Crippen LogP contribution in [0.1, 0.15) is 23.1 Å². The van der Waals surface area contributed by atoms with Crippen molar-refractivity contribution in [2.75, 3.05) is 18.1 Å². The summed E-state index contributed by atoms with van der Waals surface area (Å²) in [5.74, 6) is -0.0188. The van der Waals surface area contributed by atoms with E-state index in [2.05, 4.69) is 58.7 Å². The fraction of sp³-hybridized carbons (Fsp3) is 0.269. The molecule has 2 unspecified atom stereocenters.